The lowest BCUT2D eigenvalue weighted by Gasteiger charge is -2.17. The second-order valence-electron chi connectivity index (χ2n) is 4.04. The van der Waals surface area contributed by atoms with Crippen molar-refractivity contribution in [2.75, 3.05) is 5.75 Å². The Bertz CT molecular complexity index is 373. The second-order valence-corrected chi connectivity index (χ2v) is 5.97. The highest BCUT2D eigenvalue weighted by atomic mass is 32.2. The Balaban J connectivity index is 2.52. The Morgan fingerprint density at radius 3 is 2.53 bits per heavy atom. The van der Waals surface area contributed by atoms with Gasteiger partial charge in [-0.2, -0.15) is 0 Å². The van der Waals surface area contributed by atoms with Gasteiger partial charge in [0.05, 0.1) is 17.8 Å². The number of rotatable bonds is 3. The van der Waals surface area contributed by atoms with E-state index in [1.807, 2.05) is 13.8 Å². The fourth-order valence-electron chi connectivity index (χ4n) is 1.25. The molecule has 1 rings (SSSR count). The van der Waals surface area contributed by atoms with Crippen LogP contribution in [-0.2, 0) is 14.6 Å². The van der Waals surface area contributed by atoms with Gasteiger partial charge >= 0.3 is 0 Å². The van der Waals surface area contributed by atoms with E-state index in [-0.39, 0.29) is 17.6 Å². The number of nitrogens with two attached hydrogens (primary N) is 1. The molecule has 1 aliphatic rings. The molecule has 0 aromatic carbocycles. The predicted octanol–water partition coefficient (Wildman–Crippen LogP) is -0.603. The van der Waals surface area contributed by atoms with Crippen molar-refractivity contribution in [3.05, 3.63) is 11.5 Å². The van der Waals surface area contributed by atoms with Crippen LogP contribution in [0.4, 0.5) is 0 Å². The molecule has 6 heteroatoms. The summed E-state index contributed by atoms with van der Waals surface area (Å²) in [6.45, 7) is 3.68. The molecule has 0 fully saturated rings. The van der Waals surface area contributed by atoms with Gasteiger partial charge in [-0.1, -0.05) is 13.8 Å². The Morgan fingerprint density at radius 2 is 2.13 bits per heavy atom. The minimum Gasteiger partial charge on any atom is -0.347 e. The molecule has 0 spiro atoms. The average molecular weight is 232 g/mol. The monoisotopic (exact) mass is 232 g/mol. The van der Waals surface area contributed by atoms with Gasteiger partial charge in [-0.15, -0.1) is 0 Å². The molecular weight excluding hydrogens is 216 g/mol. The molecule has 0 radical (unpaired) electrons. The molecule has 1 aliphatic heterocycles. The summed E-state index contributed by atoms with van der Waals surface area (Å²) in [4.78, 5) is 11.5. The van der Waals surface area contributed by atoms with Crippen LogP contribution in [0.1, 0.15) is 13.8 Å². The molecular formula is C9H16N2O3S. The van der Waals surface area contributed by atoms with Crippen LogP contribution in [-0.4, -0.2) is 32.2 Å². The molecule has 0 saturated heterocycles. The van der Waals surface area contributed by atoms with Crippen LogP contribution < -0.4 is 11.1 Å². The van der Waals surface area contributed by atoms with E-state index in [0.29, 0.717) is 0 Å². The minimum atomic E-state index is -3.12. The largest absolute Gasteiger partial charge is 0.347 e. The van der Waals surface area contributed by atoms with Crippen molar-refractivity contribution in [3.8, 4) is 0 Å². The Hall–Kier alpha value is -0.880. The van der Waals surface area contributed by atoms with Gasteiger partial charge in [0.2, 0.25) is 5.91 Å². The lowest BCUT2D eigenvalue weighted by Crippen LogP contribution is -2.48. The van der Waals surface area contributed by atoms with Crippen LogP contribution in [0.15, 0.2) is 11.5 Å². The summed E-state index contributed by atoms with van der Waals surface area (Å²) in [5, 5.41) is 3.71. The van der Waals surface area contributed by atoms with Gasteiger partial charge < -0.3 is 11.1 Å². The summed E-state index contributed by atoms with van der Waals surface area (Å²) in [5.41, 5.74) is 5.62. The lowest BCUT2D eigenvalue weighted by atomic mass is 10.0. The summed E-state index contributed by atoms with van der Waals surface area (Å²) >= 11 is 0. The zero-order valence-corrected chi connectivity index (χ0v) is 9.62. The molecule has 1 heterocycles. The molecule has 15 heavy (non-hydrogen) atoms. The van der Waals surface area contributed by atoms with E-state index in [1.54, 1.807) is 0 Å². The summed E-state index contributed by atoms with van der Waals surface area (Å²) in [7, 11) is -3.12. The van der Waals surface area contributed by atoms with Gasteiger partial charge in [-0.05, 0) is 12.0 Å². The summed E-state index contributed by atoms with van der Waals surface area (Å²) in [5.74, 6) is -0.340. The van der Waals surface area contributed by atoms with Gasteiger partial charge in [-0.25, -0.2) is 8.42 Å². The topological polar surface area (TPSA) is 89.3 Å². The van der Waals surface area contributed by atoms with Gasteiger partial charge in [0, 0.05) is 5.41 Å². The number of carbonyl (C=O) groups excluding carboxylic acids is 1. The number of hydrogen-bond acceptors (Lipinski definition) is 4. The third-order valence-corrected chi connectivity index (χ3v) is 3.67. The van der Waals surface area contributed by atoms with Gasteiger partial charge in [-0.3, -0.25) is 4.79 Å². The number of amides is 1. The molecule has 2 atom stereocenters. The zero-order chi connectivity index (χ0) is 11.6. The van der Waals surface area contributed by atoms with E-state index >= 15 is 0 Å². The van der Waals surface area contributed by atoms with Gasteiger partial charge in [0.1, 0.15) is 0 Å². The van der Waals surface area contributed by atoms with E-state index < -0.39 is 21.9 Å². The fraction of sp³-hybridized carbons (Fsp3) is 0.667. The van der Waals surface area contributed by atoms with Crippen molar-refractivity contribution in [2.45, 2.75) is 25.9 Å². The van der Waals surface area contributed by atoms with Crippen LogP contribution in [0, 0.1) is 5.92 Å². The highest BCUT2D eigenvalue weighted by Gasteiger charge is 2.25. The molecule has 0 saturated carbocycles. The standard InChI is InChI=1S/C9H16N2O3S/c1-6(2)8(10)9(12)11-7-3-4-15(13,14)5-7/h3-4,6-8H,5,10H2,1-2H3,(H,11,12). The SMILES string of the molecule is CC(C)C(N)C(=O)NC1C=CS(=O)(=O)C1. The summed E-state index contributed by atoms with van der Waals surface area (Å²) in [6.07, 6.45) is 1.47. The van der Waals surface area contributed by atoms with Crippen LogP contribution in [0.3, 0.4) is 0 Å². The molecule has 1 amide bonds. The molecule has 0 aliphatic carbocycles. The summed E-state index contributed by atoms with van der Waals surface area (Å²) < 4.78 is 22.1. The molecule has 0 bridgehead atoms. The molecule has 0 aromatic heterocycles. The number of sulfone groups is 1. The smallest absolute Gasteiger partial charge is 0.237 e. The molecule has 5 nitrogen and oxygen atoms in total. The number of nitrogens with one attached hydrogen (secondary N) is 1. The van der Waals surface area contributed by atoms with Crippen LogP contribution in [0.5, 0.6) is 0 Å². The maximum absolute atomic E-state index is 11.5. The minimum absolute atomic E-state index is 0.0342. The molecule has 3 N–H and O–H groups in total. The first-order valence-corrected chi connectivity index (χ1v) is 6.50. The van der Waals surface area contributed by atoms with Crippen molar-refractivity contribution in [1.82, 2.24) is 5.32 Å². The van der Waals surface area contributed by atoms with Crippen LogP contribution in [0.2, 0.25) is 0 Å². The maximum Gasteiger partial charge on any atom is 0.237 e. The normalized spacial score (nSPS) is 25.5. The van der Waals surface area contributed by atoms with Crippen molar-refractivity contribution >= 4 is 15.7 Å². The first-order chi connectivity index (χ1) is 6.82. The first-order valence-electron chi connectivity index (χ1n) is 4.79. The first kappa shape index (κ1) is 12.2. The maximum atomic E-state index is 11.5. The Labute approximate surface area is 89.6 Å². The highest BCUT2D eigenvalue weighted by Crippen LogP contribution is 2.08. The third-order valence-electron chi connectivity index (χ3n) is 2.28. The van der Waals surface area contributed by atoms with Crippen LogP contribution in [0.25, 0.3) is 0 Å². The van der Waals surface area contributed by atoms with Crippen molar-refractivity contribution in [1.29, 1.82) is 0 Å². The zero-order valence-electron chi connectivity index (χ0n) is 8.80. The van der Waals surface area contributed by atoms with E-state index in [4.69, 9.17) is 5.73 Å². The number of carbonyl (C=O) groups is 1. The van der Waals surface area contributed by atoms with E-state index in [0.717, 1.165) is 5.41 Å². The Morgan fingerprint density at radius 1 is 1.53 bits per heavy atom. The van der Waals surface area contributed by atoms with Crippen molar-refractivity contribution in [2.24, 2.45) is 11.7 Å². The predicted molar refractivity (Wildman–Crippen MR) is 57.7 cm³/mol. The van der Waals surface area contributed by atoms with E-state index in [9.17, 15) is 13.2 Å². The fourth-order valence-corrected chi connectivity index (χ4v) is 2.48. The third kappa shape index (κ3) is 3.32. The van der Waals surface area contributed by atoms with Gasteiger partial charge in [0.25, 0.3) is 0 Å². The van der Waals surface area contributed by atoms with E-state index in [2.05, 4.69) is 5.32 Å². The van der Waals surface area contributed by atoms with Crippen molar-refractivity contribution in [3.63, 3.8) is 0 Å². The highest BCUT2D eigenvalue weighted by molar-refractivity contribution is 7.94. The quantitative estimate of drug-likeness (QED) is 0.679. The van der Waals surface area contributed by atoms with Gasteiger partial charge in [0.15, 0.2) is 9.84 Å². The lowest BCUT2D eigenvalue weighted by molar-refractivity contribution is -0.123. The molecule has 0 aromatic rings. The molecule has 2 unspecified atom stereocenters. The summed E-state index contributed by atoms with van der Waals surface area (Å²) in [6, 6.07) is -1.03. The van der Waals surface area contributed by atoms with Crippen molar-refractivity contribution < 1.29 is 13.2 Å². The molecule has 86 valence electrons. The number of hydrogen-bond donors (Lipinski definition) is 2. The Kier molecular flexibility index (Phi) is 3.51. The van der Waals surface area contributed by atoms with Crippen LogP contribution >= 0.6 is 0 Å². The average Bonchev–Trinajstić information content (AvgIpc) is 2.43. The van der Waals surface area contributed by atoms with E-state index in [1.165, 1.54) is 6.08 Å². The second kappa shape index (κ2) is 4.32.